The molecule has 0 saturated carbocycles. The van der Waals surface area contributed by atoms with Gasteiger partial charge in [0, 0.05) is 5.56 Å². The van der Waals surface area contributed by atoms with Crippen molar-refractivity contribution in [2.75, 3.05) is 34.8 Å². The van der Waals surface area contributed by atoms with Crippen LogP contribution in [-0.4, -0.2) is 57.2 Å². The molecule has 1 atom stereocenters. The van der Waals surface area contributed by atoms with Crippen LogP contribution in [0.4, 0.5) is 0 Å². The van der Waals surface area contributed by atoms with Gasteiger partial charge in [0.05, 0.1) is 47.3 Å². The monoisotopic (exact) mass is 279 g/mol. The van der Waals surface area contributed by atoms with Crippen molar-refractivity contribution in [1.29, 1.82) is 0 Å². The number of hydrogen-bond acceptors (Lipinski definition) is 3. The van der Waals surface area contributed by atoms with Crippen molar-refractivity contribution in [2.24, 2.45) is 0 Å². The first-order chi connectivity index (χ1) is 9.31. The molecular weight excluding hydrogens is 256 g/mol. The van der Waals surface area contributed by atoms with E-state index in [4.69, 9.17) is 0 Å². The number of likely N-dealkylation sites (N-methyl/N-ethyl adjacent to an activating group) is 1. The maximum absolute atomic E-state index is 12.1. The lowest BCUT2D eigenvalue weighted by Gasteiger charge is -2.29. The molecule has 0 bridgehead atoms. The third-order valence-electron chi connectivity index (χ3n) is 2.78. The van der Waals surface area contributed by atoms with Crippen LogP contribution in [-0.2, 0) is 9.53 Å². The zero-order valence-corrected chi connectivity index (χ0v) is 12.6. The first-order valence-electron chi connectivity index (χ1n) is 6.55. The topological polar surface area (TPSA) is 55.4 Å². The largest absolute Gasteiger partial charge is 0.469 e. The van der Waals surface area contributed by atoms with Crippen molar-refractivity contribution in [1.82, 2.24) is 5.32 Å². The van der Waals surface area contributed by atoms with E-state index in [2.05, 4.69) is 10.1 Å². The SMILES string of the molecule is COC(=O)C[C@H](C[N+](C)(C)C)NC(=O)c1ccccc1. The predicted molar refractivity (Wildman–Crippen MR) is 77.2 cm³/mol. The minimum atomic E-state index is -0.322. The molecule has 20 heavy (non-hydrogen) atoms. The van der Waals surface area contributed by atoms with Crippen molar-refractivity contribution < 1.29 is 18.8 Å². The van der Waals surface area contributed by atoms with Gasteiger partial charge < -0.3 is 14.5 Å². The molecule has 5 heteroatoms. The number of amides is 1. The summed E-state index contributed by atoms with van der Waals surface area (Å²) in [6.45, 7) is 0.647. The molecule has 5 nitrogen and oxygen atoms in total. The number of nitrogens with zero attached hydrogens (tertiary/aromatic N) is 1. The molecule has 0 spiro atoms. The summed E-state index contributed by atoms with van der Waals surface area (Å²) < 4.78 is 5.33. The fourth-order valence-electron chi connectivity index (χ4n) is 1.97. The van der Waals surface area contributed by atoms with Gasteiger partial charge >= 0.3 is 5.97 Å². The molecule has 1 amide bonds. The molecule has 1 N–H and O–H groups in total. The van der Waals surface area contributed by atoms with Crippen LogP contribution < -0.4 is 5.32 Å². The molecule has 0 aliphatic carbocycles. The van der Waals surface area contributed by atoms with Gasteiger partial charge in [-0.1, -0.05) is 18.2 Å². The highest BCUT2D eigenvalue weighted by Gasteiger charge is 2.23. The molecule has 0 unspecified atom stereocenters. The molecule has 1 aromatic rings. The lowest BCUT2D eigenvalue weighted by atomic mass is 10.1. The van der Waals surface area contributed by atoms with E-state index in [0.29, 0.717) is 16.6 Å². The van der Waals surface area contributed by atoms with Crippen LogP contribution in [0.2, 0.25) is 0 Å². The fourth-order valence-corrected chi connectivity index (χ4v) is 1.97. The first-order valence-corrected chi connectivity index (χ1v) is 6.55. The van der Waals surface area contributed by atoms with E-state index in [-0.39, 0.29) is 24.3 Å². The molecular formula is C15H23N2O3+. The fraction of sp³-hybridized carbons (Fsp3) is 0.467. The third kappa shape index (κ3) is 5.84. The molecule has 0 fully saturated rings. The summed E-state index contributed by atoms with van der Waals surface area (Å²) in [6, 6.07) is 8.71. The van der Waals surface area contributed by atoms with Crippen molar-refractivity contribution in [3.05, 3.63) is 35.9 Å². The summed E-state index contributed by atoms with van der Waals surface area (Å²) >= 11 is 0. The van der Waals surface area contributed by atoms with Gasteiger partial charge in [-0.2, -0.15) is 0 Å². The summed E-state index contributed by atoms with van der Waals surface area (Å²) in [5.74, 6) is -0.496. The highest BCUT2D eigenvalue weighted by atomic mass is 16.5. The van der Waals surface area contributed by atoms with E-state index in [9.17, 15) is 9.59 Å². The summed E-state index contributed by atoms with van der Waals surface area (Å²) in [6.07, 6.45) is 0.171. The van der Waals surface area contributed by atoms with E-state index in [1.54, 1.807) is 12.1 Å². The van der Waals surface area contributed by atoms with E-state index in [0.717, 1.165) is 0 Å². The number of benzene rings is 1. The van der Waals surface area contributed by atoms with E-state index < -0.39 is 0 Å². The zero-order valence-electron chi connectivity index (χ0n) is 12.6. The second kappa shape index (κ2) is 7.05. The summed E-state index contributed by atoms with van der Waals surface area (Å²) in [5, 5.41) is 2.90. The van der Waals surface area contributed by atoms with Gasteiger partial charge in [-0.25, -0.2) is 0 Å². The molecule has 1 rings (SSSR count). The normalized spacial score (nSPS) is 12.6. The molecule has 0 radical (unpaired) electrons. The summed E-state index contributed by atoms with van der Waals surface area (Å²) in [4.78, 5) is 23.6. The quantitative estimate of drug-likeness (QED) is 0.625. The van der Waals surface area contributed by atoms with Crippen molar-refractivity contribution in [2.45, 2.75) is 12.5 Å². The van der Waals surface area contributed by atoms with Crippen molar-refractivity contribution >= 4 is 11.9 Å². The minimum Gasteiger partial charge on any atom is -0.469 e. The maximum atomic E-state index is 12.1. The van der Waals surface area contributed by atoms with E-state index in [1.807, 2.05) is 39.3 Å². The third-order valence-corrected chi connectivity index (χ3v) is 2.78. The van der Waals surface area contributed by atoms with Gasteiger partial charge in [0.25, 0.3) is 5.91 Å². The average molecular weight is 279 g/mol. The minimum absolute atomic E-state index is 0.171. The summed E-state index contributed by atoms with van der Waals surface area (Å²) in [7, 11) is 7.39. The number of esters is 1. The van der Waals surface area contributed by atoms with E-state index in [1.165, 1.54) is 7.11 Å². The van der Waals surface area contributed by atoms with Gasteiger partial charge in [0.1, 0.15) is 0 Å². The van der Waals surface area contributed by atoms with Crippen LogP contribution in [0, 0.1) is 0 Å². The molecule has 1 aromatic carbocycles. The van der Waals surface area contributed by atoms with Crippen LogP contribution in [0.5, 0.6) is 0 Å². The van der Waals surface area contributed by atoms with Crippen molar-refractivity contribution in [3.8, 4) is 0 Å². The highest BCUT2D eigenvalue weighted by Crippen LogP contribution is 2.04. The Balaban J connectivity index is 2.73. The number of methoxy groups -OCH3 is 1. The Morgan fingerprint density at radius 3 is 2.30 bits per heavy atom. The molecule has 0 aliphatic heterocycles. The number of rotatable bonds is 6. The second-order valence-electron chi connectivity index (χ2n) is 5.79. The maximum Gasteiger partial charge on any atom is 0.307 e. The van der Waals surface area contributed by atoms with Crippen LogP contribution >= 0.6 is 0 Å². The second-order valence-corrected chi connectivity index (χ2v) is 5.79. The number of carbonyl (C=O) groups is 2. The number of nitrogens with one attached hydrogen (secondary N) is 1. The summed E-state index contributed by atoms with van der Waals surface area (Å²) in [5.41, 5.74) is 0.587. The Morgan fingerprint density at radius 1 is 1.20 bits per heavy atom. The molecule has 110 valence electrons. The zero-order chi connectivity index (χ0) is 15.2. The van der Waals surface area contributed by atoms with Crippen LogP contribution in [0.15, 0.2) is 30.3 Å². The average Bonchev–Trinajstić information content (AvgIpc) is 2.37. The lowest BCUT2D eigenvalue weighted by Crippen LogP contribution is -2.49. The van der Waals surface area contributed by atoms with Gasteiger partial charge in [-0.3, -0.25) is 9.59 Å². The lowest BCUT2D eigenvalue weighted by molar-refractivity contribution is -0.871. The predicted octanol–water partition coefficient (Wildman–Crippen LogP) is 1.05. The Kier molecular flexibility index (Phi) is 5.70. The van der Waals surface area contributed by atoms with Crippen LogP contribution in [0.25, 0.3) is 0 Å². The van der Waals surface area contributed by atoms with Crippen LogP contribution in [0.3, 0.4) is 0 Å². The number of carbonyl (C=O) groups excluding carboxylic acids is 2. The Labute approximate surface area is 120 Å². The van der Waals surface area contributed by atoms with Gasteiger partial charge in [0.2, 0.25) is 0 Å². The molecule has 0 aromatic heterocycles. The smallest absolute Gasteiger partial charge is 0.307 e. The number of ether oxygens (including phenoxy) is 1. The van der Waals surface area contributed by atoms with Gasteiger partial charge in [0.15, 0.2) is 0 Å². The Hall–Kier alpha value is -1.88. The Bertz CT molecular complexity index is 452. The Morgan fingerprint density at radius 2 is 1.80 bits per heavy atom. The standard InChI is InChI=1S/C15H22N2O3/c1-17(2,3)11-13(10-14(18)20-4)16-15(19)12-8-6-5-7-9-12/h5-9,13H,10-11H2,1-4H3/p+1/t13-/m1/s1. The number of quaternary nitrogens is 1. The molecule has 0 saturated heterocycles. The van der Waals surface area contributed by atoms with Gasteiger partial charge in [-0.15, -0.1) is 0 Å². The highest BCUT2D eigenvalue weighted by molar-refractivity contribution is 5.94. The first kappa shape index (κ1) is 16.2. The number of hydrogen-bond donors (Lipinski definition) is 1. The van der Waals surface area contributed by atoms with Gasteiger partial charge in [-0.05, 0) is 12.1 Å². The molecule has 0 heterocycles. The van der Waals surface area contributed by atoms with Crippen LogP contribution in [0.1, 0.15) is 16.8 Å². The van der Waals surface area contributed by atoms with E-state index >= 15 is 0 Å². The molecule has 0 aliphatic rings. The van der Waals surface area contributed by atoms with Crippen molar-refractivity contribution in [3.63, 3.8) is 0 Å².